The van der Waals surface area contributed by atoms with Crippen molar-refractivity contribution < 1.29 is 19.1 Å². The molecule has 2 rings (SSSR count). The van der Waals surface area contributed by atoms with E-state index in [2.05, 4.69) is 9.71 Å². The first-order valence-corrected chi connectivity index (χ1v) is 8.84. The van der Waals surface area contributed by atoms with Crippen LogP contribution < -0.4 is 4.72 Å². The number of aliphatic hydroxyl groups is 1. The van der Waals surface area contributed by atoms with E-state index in [-0.39, 0.29) is 0 Å². The maximum Gasteiger partial charge on any atom is 0.163 e. The first kappa shape index (κ1) is 18.6. The predicted octanol–water partition coefficient (Wildman–Crippen LogP) is 1.69. The third kappa shape index (κ3) is 4.89. The van der Waals surface area contributed by atoms with Crippen molar-refractivity contribution in [1.29, 1.82) is 0 Å². The van der Waals surface area contributed by atoms with E-state index in [0.29, 0.717) is 12.3 Å². The molecule has 4 atom stereocenters. The van der Waals surface area contributed by atoms with Gasteiger partial charge in [-0.25, -0.2) is 0 Å². The third-order valence-electron chi connectivity index (χ3n) is 3.56. The molecule has 23 heavy (non-hydrogen) atoms. The number of aliphatic hydroxyl groups excluding tert-OH is 1. The van der Waals surface area contributed by atoms with Crippen molar-refractivity contribution in [2.24, 2.45) is 0 Å². The summed E-state index contributed by atoms with van der Waals surface area (Å²) < 4.78 is 26.5. The van der Waals surface area contributed by atoms with Crippen LogP contribution in [0, 0.1) is 0 Å². The van der Waals surface area contributed by atoms with Gasteiger partial charge in [0.05, 0.1) is 12.3 Å². The Morgan fingerprint density at radius 3 is 2.61 bits per heavy atom. The number of nitrogens with zero attached hydrogens (tertiary/aromatic N) is 1. The van der Waals surface area contributed by atoms with Crippen molar-refractivity contribution in [3.05, 3.63) is 30.1 Å². The Labute approximate surface area is 140 Å². The van der Waals surface area contributed by atoms with Crippen LogP contribution in [0.25, 0.3) is 0 Å². The molecule has 0 unspecified atom stereocenters. The first-order valence-electron chi connectivity index (χ1n) is 7.69. The molecule has 0 bridgehead atoms. The zero-order valence-electron chi connectivity index (χ0n) is 14.3. The van der Waals surface area contributed by atoms with Gasteiger partial charge in [0.25, 0.3) is 0 Å². The van der Waals surface area contributed by atoms with Crippen LogP contribution in [-0.4, -0.2) is 43.9 Å². The van der Waals surface area contributed by atoms with Crippen LogP contribution in [-0.2, 0) is 20.8 Å². The maximum atomic E-state index is 12.5. The summed E-state index contributed by atoms with van der Waals surface area (Å²) in [5.41, 5.74) is 0.504. The van der Waals surface area contributed by atoms with E-state index in [1.807, 2.05) is 34.6 Å². The molecule has 1 aromatic rings. The highest BCUT2D eigenvalue weighted by Crippen LogP contribution is 2.30. The Morgan fingerprint density at radius 1 is 1.43 bits per heavy atom. The molecule has 2 N–H and O–H groups in total. The van der Waals surface area contributed by atoms with E-state index in [4.69, 9.17) is 9.47 Å². The second-order valence-electron chi connectivity index (χ2n) is 7.09. The van der Waals surface area contributed by atoms with Crippen molar-refractivity contribution in [3.8, 4) is 0 Å². The highest BCUT2D eigenvalue weighted by Gasteiger charge is 2.44. The van der Waals surface area contributed by atoms with Gasteiger partial charge in [-0.05, 0) is 46.8 Å². The van der Waals surface area contributed by atoms with E-state index in [0.717, 1.165) is 0 Å². The summed E-state index contributed by atoms with van der Waals surface area (Å²) in [5, 5.41) is 10.7. The molecule has 0 aliphatic carbocycles. The Bertz CT molecular complexity index is 507. The molecule has 2 heterocycles. The molecule has 6 nitrogen and oxygen atoms in total. The molecule has 0 saturated carbocycles. The minimum Gasteiger partial charge on any atom is -0.598 e. The molecule has 1 aliphatic rings. The van der Waals surface area contributed by atoms with Crippen LogP contribution in [0.15, 0.2) is 24.4 Å². The van der Waals surface area contributed by atoms with Crippen LogP contribution in [0.3, 0.4) is 0 Å². The molecule has 1 aliphatic heterocycles. The van der Waals surface area contributed by atoms with E-state index in [1.54, 1.807) is 24.4 Å². The summed E-state index contributed by atoms with van der Waals surface area (Å²) in [5.74, 6) is -0.725. The van der Waals surface area contributed by atoms with Gasteiger partial charge in [0.2, 0.25) is 0 Å². The van der Waals surface area contributed by atoms with Gasteiger partial charge in [0.1, 0.15) is 23.0 Å². The molecule has 0 amide bonds. The monoisotopic (exact) mass is 342 g/mol. The molecule has 7 heteroatoms. The van der Waals surface area contributed by atoms with Gasteiger partial charge in [-0.3, -0.25) is 4.98 Å². The minimum absolute atomic E-state index is 0.315. The van der Waals surface area contributed by atoms with Crippen molar-refractivity contribution in [2.45, 2.75) is 63.4 Å². The molecule has 0 radical (unpaired) electrons. The summed E-state index contributed by atoms with van der Waals surface area (Å²) in [6, 6.07) is 4.73. The minimum atomic E-state index is -1.36. The predicted molar refractivity (Wildman–Crippen MR) is 88.9 cm³/mol. The number of hydrogen-bond donors (Lipinski definition) is 2. The van der Waals surface area contributed by atoms with Crippen molar-refractivity contribution in [2.75, 3.05) is 6.61 Å². The largest absolute Gasteiger partial charge is 0.598 e. The lowest BCUT2D eigenvalue weighted by Gasteiger charge is -2.32. The van der Waals surface area contributed by atoms with E-state index >= 15 is 0 Å². The summed E-state index contributed by atoms with van der Waals surface area (Å²) in [7, 11) is 0. The molecule has 0 spiro atoms. The molecule has 1 saturated heterocycles. The summed E-state index contributed by atoms with van der Waals surface area (Å²) in [6.45, 7) is 9.56. The summed E-state index contributed by atoms with van der Waals surface area (Å²) >= 11 is -1.36. The second-order valence-corrected chi connectivity index (χ2v) is 9.09. The Morgan fingerprint density at radius 2 is 2.13 bits per heavy atom. The van der Waals surface area contributed by atoms with Gasteiger partial charge in [0.15, 0.2) is 5.79 Å². The average Bonchev–Trinajstić information content (AvgIpc) is 2.83. The van der Waals surface area contributed by atoms with Crippen molar-refractivity contribution >= 4 is 11.4 Å². The number of rotatable bonds is 5. The fourth-order valence-electron chi connectivity index (χ4n) is 2.27. The molecule has 130 valence electrons. The second kappa shape index (κ2) is 7.04. The molecule has 1 aromatic heterocycles. The Kier molecular flexibility index (Phi) is 5.71. The van der Waals surface area contributed by atoms with Gasteiger partial charge >= 0.3 is 0 Å². The Balaban J connectivity index is 2.21. The quantitative estimate of drug-likeness (QED) is 0.792. The van der Waals surface area contributed by atoms with Crippen molar-refractivity contribution in [3.63, 3.8) is 0 Å². The van der Waals surface area contributed by atoms with E-state index in [1.165, 1.54) is 0 Å². The normalized spacial score (nSPS) is 25.1. The number of hydrogen-bond acceptors (Lipinski definition) is 6. The van der Waals surface area contributed by atoms with Crippen LogP contribution in [0.2, 0.25) is 0 Å². The number of pyridine rings is 1. The van der Waals surface area contributed by atoms with E-state index < -0.39 is 40.1 Å². The topological polar surface area (TPSA) is 86.7 Å². The maximum absolute atomic E-state index is 12.5. The van der Waals surface area contributed by atoms with Gasteiger partial charge in [-0.1, -0.05) is 6.07 Å². The average molecular weight is 342 g/mol. The van der Waals surface area contributed by atoms with Gasteiger partial charge in [-0.15, -0.1) is 4.72 Å². The lowest BCUT2D eigenvalue weighted by atomic mass is 10.0. The smallest absolute Gasteiger partial charge is 0.163 e. The summed E-state index contributed by atoms with van der Waals surface area (Å²) in [6.07, 6.45) is 0.241. The van der Waals surface area contributed by atoms with Gasteiger partial charge < -0.3 is 19.1 Å². The highest BCUT2D eigenvalue weighted by atomic mass is 32.2. The Hall–Kier alpha value is -0.700. The first-order chi connectivity index (χ1) is 10.6. The van der Waals surface area contributed by atoms with Crippen LogP contribution in [0.1, 0.15) is 46.4 Å². The lowest BCUT2D eigenvalue weighted by molar-refractivity contribution is -0.144. The van der Waals surface area contributed by atoms with Crippen molar-refractivity contribution in [1.82, 2.24) is 9.71 Å². The zero-order valence-corrected chi connectivity index (χ0v) is 15.1. The fourth-order valence-corrected chi connectivity index (χ4v) is 3.15. The zero-order chi connectivity index (χ0) is 17.3. The van der Waals surface area contributed by atoms with Crippen LogP contribution in [0.5, 0.6) is 0 Å². The van der Waals surface area contributed by atoms with Crippen LogP contribution in [0.4, 0.5) is 0 Å². The van der Waals surface area contributed by atoms with E-state index in [9.17, 15) is 9.66 Å². The highest BCUT2D eigenvalue weighted by molar-refractivity contribution is 7.90. The lowest BCUT2D eigenvalue weighted by Crippen LogP contribution is -2.53. The number of nitrogens with one attached hydrogen (secondary N) is 1. The SMILES string of the molecule is CC1(C)OC[C@H]([C@H](N[S@+]([O-])C(C)(C)C)[C@@H](O)c2ccccn2)O1. The number of ether oxygens (including phenoxy) is 2. The molecular weight excluding hydrogens is 316 g/mol. The van der Waals surface area contributed by atoms with Crippen LogP contribution >= 0.6 is 0 Å². The molecule has 1 fully saturated rings. The molecular formula is C16H26N2O4S. The molecule has 0 aromatic carbocycles. The summed E-state index contributed by atoms with van der Waals surface area (Å²) in [4.78, 5) is 4.19. The third-order valence-corrected chi connectivity index (χ3v) is 5.16. The fraction of sp³-hybridized carbons (Fsp3) is 0.688. The number of aromatic nitrogens is 1. The standard InChI is InChI=1S/C16H26N2O4S/c1-15(2,3)23(20)18-13(12-10-21-16(4,5)22-12)14(19)11-8-6-7-9-17-11/h6-9,12-14,18-19H,10H2,1-5H3/t12-,13+,14+,23-/m1/s1. The van der Waals surface area contributed by atoms with Gasteiger partial charge in [0, 0.05) is 17.6 Å². The van der Waals surface area contributed by atoms with Gasteiger partial charge in [-0.2, -0.15) is 0 Å².